The highest BCUT2D eigenvalue weighted by atomic mass is 32.2. The van der Waals surface area contributed by atoms with Gasteiger partial charge in [-0.1, -0.05) is 73.4 Å². The molecule has 4 nitrogen and oxygen atoms in total. The van der Waals surface area contributed by atoms with Crippen LogP contribution in [-0.2, 0) is 14.3 Å². The molecule has 28 heavy (non-hydrogen) atoms. The van der Waals surface area contributed by atoms with Gasteiger partial charge in [0.25, 0.3) is 5.91 Å². The van der Waals surface area contributed by atoms with Gasteiger partial charge in [-0.05, 0) is 35.8 Å². The summed E-state index contributed by atoms with van der Waals surface area (Å²) in [5.41, 5.74) is 1.30. The Balaban J connectivity index is 1.93. The van der Waals surface area contributed by atoms with Crippen molar-refractivity contribution in [2.24, 2.45) is 0 Å². The number of rotatable bonds is 6. The first-order chi connectivity index (χ1) is 13.5. The first-order valence-electron chi connectivity index (χ1n) is 8.75. The maximum atomic E-state index is 13.1. The summed E-state index contributed by atoms with van der Waals surface area (Å²) in [5.74, 6) is -1.25. The summed E-state index contributed by atoms with van der Waals surface area (Å²) in [5, 5.41) is 0. The van der Waals surface area contributed by atoms with E-state index in [4.69, 9.17) is 17.0 Å². The Bertz CT molecular complexity index is 913. The lowest BCUT2D eigenvalue weighted by Crippen LogP contribution is -2.38. The van der Waals surface area contributed by atoms with Crippen molar-refractivity contribution < 1.29 is 18.7 Å². The second-order valence-corrected chi connectivity index (χ2v) is 7.76. The monoisotopic (exact) mass is 415 g/mol. The van der Waals surface area contributed by atoms with Crippen LogP contribution in [0.3, 0.4) is 0 Å². The van der Waals surface area contributed by atoms with Crippen LogP contribution in [0.15, 0.2) is 59.5 Å². The predicted octanol–water partition coefficient (Wildman–Crippen LogP) is 4.72. The molecule has 1 aliphatic heterocycles. The average Bonchev–Trinajstić information content (AvgIpc) is 2.97. The van der Waals surface area contributed by atoms with Gasteiger partial charge in [0.15, 0.2) is 6.04 Å². The Morgan fingerprint density at radius 2 is 1.89 bits per heavy atom. The van der Waals surface area contributed by atoms with Crippen LogP contribution in [0.4, 0.5) is 4.39 Å². The molecular weight excluding hydrogens is 397 g/mol. The van der Waals surface area contributed by atoms with Gasteiger partial charge in [0, 0.05) is 0 Å². The molecule has 2 aromatic rings. The standard InChI is InChI=1S/C21H18FNO3S2/c1-2-12-26-20(25)18(15-6-4-3-5-7-15)23-19(24)17(28-21(23)27)13-14-8-10-16(22)11-9-14/h3-11,13,18H,2,12H2,1H3/b17-13+. The van der Waals surface area contributed by atoms with Crippen LogP contribution in [0, 0.1) is 5.82 Å². The van der Waals surface area contributed by atoms with Crippen molar-refractivity contribution >= 4 is 46.3 Å². The van der Waals surface area contributed by atoms with Gasteiger partial charge in [0.05, 0.1) is 11.5 Å². The lowest BCUT2D eigenvalue weighted by molar-refractivity contribution is -0.151. The number of thiocarbonyl (C=S) groups is 1. The number of hydrogen-bond donors (Lipinski definition) is 0. The van der Waals surface area contributed by atoms with Crippen molar-refractivity contribution in [1.82, 2.24) is 4.90 Å². The molecule has 0 radical (unpaired) electrons. The lowest BCUT2D eigenvalue weighted by atomic mass is 10.1. The van der Waals surface area contributed by atoms with E-state index in [2.05, 4.69) is 0 Å². The fourth-order valence-corrected chi connectivity index (χ4v) is 4.03. The van der Waals surface area contributed by atoms with Gasteiger partial charge in [-0.2, -0.15) is 0 Å². The molecule has 1 amide bonds. The van der Waals surface area contributed by atoms with E-state index in [0.717, 1.165) is 11.8 Å². The molecule has 0 bridgehead atoms. The summed E-state index contributed by atoms with van der Waals surface area (Å²) < 4.78 is 18.7. The summed E-state index contributed by atoms with van der Waals surface area (Å²) in [7, 11) is 0. The van der Waals surface area contributed by atoms with E-state index in [-0.39, 0.29) is 22.7 Å². The van der Waals surface area contributed by atoms with Crippen LogP contribution < -0.4 is 0 Å². The first-order valence-corrected chi connectivity index (χ1v) is 9.98. The number of nitrogens with zero attached hydrogens (tertiary/aromatic N) is 1. The van der Waals surface area contributed by atoms with Crippen molar-refractivity contribution in [3.05, 3.63) is 76.4 Å². The number of ether oxygens (including phenoxy) is 1. The summed E-state index contributed by atoms with van der Waals surface area (Å²) >= 11 is 6.51. The second kappa shape index (κ2) is 9.12. The highest BCUT2D eigenvalue weighted by molar-refractivity contribution is 8.26. The summed E-state index contributed by atoms with van der Waals surface area (Å²) in [4.78, 5) is 27.5. The van der Waals surface area contributed by atoms with Crippen molar-refractivity contribution in [2.75, 3.05) is 6.61 Å². The van der Waals surface area contributed by atoms with E-state index < -0.39 is 12.0 Å². The Morgan fingerprint density at radius 3 is 2.54 bits per heavy atom. The number of carbonyl (C=O) groups is 2. The molecule has 0 saturated carbocycles. The molecule has 0 aromatic heterocycles. The Kier molecular flexibility index (Phi) is 6.59. The molecule has 0 N–H and O–H groups in total. The van der Waals surface area contributed by atoms with E-state index in [0.29, 0.717) is 22.5 Å². The van der Waals surface area contributed by atoms with Crippen LogP contribution >= 0.6 is 24.0 Å². The Labute approximate surface area is 172 Å². The number of halogens is 1. The SMILES string of the molecule is CCCOC(=O)C(c1ccccc1)N1C(=O)/C(=C\c2ccc(F)cc2)SC1=S. The number of benzene rings is 2. The van der Waals surface area contributed by atoms with Gasteiger partial charge in [-0.25, -0.2) is 9.18 Å². The zero-order chi connectivity index (χ0) is 20.1. The maximum Gasteiger partial charge on any atom is 0.333 e. The molecule has 144 valence electrons. The number of amides is 1. The van der Waals surface area contributed by atoms with Crippen molar-refractivity contribution in [2.45, 2.75) is 19.4 Å². The zero-order valence-electron chi connectivity index (χ0n) is 15.1. The smallest absolute Gasteiger partial charge is 0.333 e. The molecule has 2 aromatic carbocycles. The van der Waals surface area contributed by atoms with Gasteiger partial charge < -0.3 is 4.74 Å². The molecule has 7 heteroatoms. The fourth-order valence-electron chi connectivity index (χ4n) is 2.72. The molecule has 3 rings (SSSR count). The molecule has 0 aliphatic carbocycles. The zero-order valence-corrected chi connectivity index (χ0v) is 16.8. The van der Waals surface area contributed by atoms with Gasteiger partial charge in [0.2, 0.25) is 0 Å². The molecule has 0 spiro atoms. The Morgan fingerprint density at radius 1 is 1.21 bits per heavy atom. The van der Waals surface area contributed by atoms with Gasteiger partial charge >= 0.3 is 5.97 Å². The number of esters is 1. The summed E-state index contributed by atoms with van der Waals surface area (Å²) in [6, 6.07) is 13.8. The normalized spacial score (nSPS) is 16.5. The topological polar surface area (TPSA) is 46.6 Å². The van der Waals surface area contributed by atoms with E-state index in [1.807, 2.05) is 13.0 Å². The number of thioether (sulfide) groups is 1. The second-order valence-electron chi connectivity index (χ2n) is 6.08. The third-order valence-electron chi connectivity index (χ3n) is 4.04. The summed E-state index contributed by atoms with van der Waals surface area (Å²) in [6.45, 7) is 2.16. The van der Waals surface area contributed by atoms with Crippen LogP contribution in [0.2, 0.25) is 0 Å². The van der Waals surface area contributed by atoms with E-state index in [1.54, 1.807) is 42.5 Å². The first kappa shape index (κ1) is 20.2. The molecular formula is C21H18FNO3S2. The third-order valence-corrected chi connectivity index (χ3v) is 5.37. The predicted molar refractivity (Wildman–Crippen MR) is 112 cm³/mol. The quantitative estimate of drug-likeness (QED) is 0.388. The molecule has 1 unspecified atom stereocenters. The molecule has 1 aliphatic rings. The van der Waals surface area contributed by atoms with Gasteiger partial charge in [-0.3, -0.25) is 9.69 Å². The number of hydrogen-bond acceptors (Lipinski definition) is 5. The maximum absolute atomic E-state index is 13.1. The van der Waals surface area contributed by atoms with E-state index in [1.165, 1.54) is 17.0 Å². The molecule has 1 atom stereocenters. The largest absolute Gasteiger partial charge is 0.464 e. The number of carbonyl (C=O) groups excluding carboxylic acids is 2. The van der Waals surface area contributed by atoms with Gasteiger partial charge in [0.1, 0.15) is 10.1 Å². The minimum absolute atomic E-state index is 0.266. The highest BCUT2D eigenvalue weighted by Gasteiger charge is 2.42. The van der Waals surface area contributed by atoms with Crippen LogP contribution in [0.5, 0.6) is 0 Å². The lowest BCUT2D eigenvalue weighted by Gasteiger charge is -2.25. The van der Waals surface area contributed by atoms with Gasteiger partial charge in [-0.15, -0.1) is 0 Å². The average molecular weight is 416 g/mol. The van der Waals surface area contributed by atoms with Crippen LogP contribution in [0.1, 0.15) is 30.5 Å². The Hall–Kier alpha value is -2.51. The van der Waals surface area contributed by atoms with E-state index in [9.17, 15) is 14.0 Å². The van der Waals surface area contributed by atoms with Crippen molar-refractivity contribution in [3.8, 4) is 0 Å². The molecule has 1 fully saturated rings. The highest BCUT2D eigenvalue weighted by Crippen LogP contribution is 2.38. The van der Waals surface area contributed by atoms with E-state index >= 15 is 0 Å². The van der Waals surface area contributed by atoms with Crippen molar-refractivity contribution in [3.63, 3.8) is 0 Å². The fraction of sp³-hybridized carbons (Fsp3) is 0.190. The third kappa shape index (κ3) is 4.48. The minimum atomic E-state index is -0.945. The van der Waals surface area contributed by atoms with Crippen LogP contribution in [0.25, 0.3) is 6.08 Å². The minimum Gasteiger partial charge on any atom is -0.464 e. The van der Waals surface area contributed by atoms with Crippen molar-refractivity contribution in [1.29, 1.82) is 0 Å². The molecule has 1 saturated heterocycles. The van der Waals surface area contributed by atoms with Crippen LogP contribution in [-0.4, -0.2) is 27.7 Å². The summed E-state index contributed by atoms with van der Waals surface area (Å²) in [6.07, 6.45) is 2.31. The molecule has 1 heterocycles.